The summed E-state index contributed by atoms with van der Waals surface area (Å²) in [7, 11) is 0. The van der Waals surface area contributed by atoms with Crippen LogP contribution in [0, 0.1) is 0 Å². The quantitative estimate of drug-likeness (QED) is 0.195. The molecule has 0 aliphatic heterocycles. The molecule has 0 unspecified atom stereocenters. The Morgan fingerprint density at radius 1 is 0.419 bits per heavy atom. The van der Waals surface area contributed by atoms with Crippen LogP contribution < -0.4 is 0 Å². The lowest BCUT2D eigenvalue weighted by molar-refractivity contribution is 0.669. The van der Waals surface area contributed by atoms with Gasteiger partial charge in [-0.15, -0.1) is 0 Å². The van der Waals surface area contributed by atoms with Gasteiger partial charge in [0, 0.05) is 10.8 Å². The molecule has 0 fully saturated rings. The van der Waals surface area contributed by atoms with Crippen LogP contribution in [-0.2, 0) is 0 Å². The van der Waals surface area contributed by atoms with E-state index >= 15 is 0 Å². The topological polar surface area (TPSA) is 13.1 Å². The molecule has 8 aromatic carbocycles. The predicted octanol–water partition coefficient (Wildman–Crippen LogP) is 12.0. The maximum absolute atomic E-state index is 9.69. The summed E-state index contributed by atoms with van der Waals surface area (Å²) < 4.78 is 165. The summed E-state index contributed by atoms with van der Waals surface area (Å²) in [6, 6.07) is 2.36. The predicted molar refractivity (Wildman–Crippen MR) is 183 cm³/mol. The number of hydrogen-bond donors (Lipinski definition) is 0. The second kappa shape index (κ2) is 9.44. The van der Waals surface area contributed by atoms with Crippen LogP contribution in [0.15, 0.2) is 162 Å². The van der Waals surface area contributed by atoms with Crippen molar-refractivity contribution in [3.8, 4) is 33.4 Å². The van der Waals surface area contributed by atoms with Gasteiger partial charge in [0.15, 0.2) is 0 Å². The molecule has 9 aromatic rings. The van der Waals surface area contributed by atoms with Crippen LogP contribution in [0.2, 0.25) is 0 Å². The molecule has 0 aliphatic carbocycles. The van der Waals surface area contributed by atoms with Crippen LogP contribution in [0.5, 0.6) is 0 Å². The number of benzene rings is 8. The minimum Gasteiger partial charge on any atom is -0.456 e. The number of rotatable bonds is 3. The highest BCUT2D eigenvalue weighted by Gasteiger charge is 2.20. The second-order valence-electron chi connectivity index (χ2n) is 9.85. The summed E-state index contributed by atoms with van der Waals surface area (Å²) in [6.45, 7) is 0. The SMILES string of the molecule is [2H]c1c([2H])c(-c2c([2H])c([2H])c3c([2H])c([2H])c([2H])c([2H])c3c2[2H])c([2H])c(-c2c3ccccc3c(-c3c([2H])c([2H])c([2H])c4oc5c([2H])c([2H])c([2H])c([2H])c5c34)c3ccccc23)c1[2H]. The van der Waals surface area contributed by atoms with Crippen LogP contribution >= 0.6 is 0 Å². The number of fused-ring (bicyclic) bond motifs is 6. The van der Waals surface area contributed by atoms with Gasteiger partial charge in [-0.1, -0.05) is 133 Å². The molecule has 0 bridgehead atoms. The molecule has 0 N–H and O–H groups in total. The van der Waals surface area contributed by atoms with Gasteiger partial charge in [-0.3, -0.25) is 0 Å². The van der Waals surface area contributed by atoms with Crippen LogP contribution in [-0.4, -0.2) is 0 Å². The van der Waals surface area contributed by atoms with Gasteiger partial charge in [0.2, 0.25) is 0 Å². The van der Waals surface area contributed by atoms with E-state index in [1.54, 1.807) is 48.5 Å². The van der Waals surface area contributed by atoms with Crippen LogP contribution in [0.25, 0.3) is 87.6 Å². The molecule has 0 saturated carbocycles. The van der Waals surface area contributed by atoms with Gasteiger partial charge in [-0.2, -0.15) is 0 Å². The molecule has 0 saturated heterocycles. The third kappa shape index (κ3) is 3.72. The van der Waals surface area contributed by atoms with E-state index in [2.05, 4.69) is 0 Å². The first-order valence-electron chi connectivity index (χ1n) is 22.3. The van der Waals surface area contributed by atoms with E-state index in [1.807, 2.05) is 0 Å². The molecular weight excluding hydrogens is 520 g/mol. The van der Waals surface area contributed by atoms with E-state index in [1.165, 1.54) is 0 Å². The summed E-state index contributed by atoms with van der Waals surface area (Å²) in [5, 5.41) is 0.474. The Hall–Kier alpha value is -5.66. The van der Waals surface area contributed by atoms with E-state index in [-0.39, 0.29) is 38.6 Å². The molecule has 43 heavy (non-hydrogen) atoms. The van der Waals surface area contributed by atoms with Crippen LogP contribution in [0.1, 0.15) is 24.7 Å². The fourth-order valence-electron chi connectivity index (χ4n) is 5.71. The van der Waals surface area contributed by atoms with E-state index in [0.717, 1.165) is 0 Å². The molecule has 1 heteroatoms. The fraction of sp³-hybridized carbons (Fsp3) is 0. The summed E-state index contributed by atoms with van der Waals surface area (Å²) in [6.07, 6.45) is 0. The molecule has 9 rings (SSSR count). The van der Waals surface area contributed by atoms with E-state index in [0.29, 0.717) is 27.1 Å². The smallest absolute Gasteiger partial charge is 0.136 e. The van der Waals surface area contributed by atoms with Crippen molar-refractivity contribution in [2.75, 3.05) is 0 Å². The highest BCUT2D eigenvalue weighted by Crippen LogP contribution is 2.47. The normalized spacial score (nSPS) is 17.6. The molecule has 0 radical (unpaired) electrons. The molecule has 200 valence electrons. The zero-order valence-electron chi connectivity index (χ0n) is 40.0. The third-order valence-corrected chi connectivity index (χ3v) is 7.50. The van der Waals surface area contributed by atoms with E-state index < -0.39 is 131 Å². The summed E-state index contributed by atoms with van der Waals surface area (Å²) in [5.74, 6) is 0. The van der Waals surface area contributed by atoms with Crippen molar-refractivity contribution in [2.24, 2.45) is 0 Å². The van der Waals surface area contributed by atoms with Crippen molar-refractivity contribution in [1.82, 2.24) is 0 Å². The maximum Gasteiger partial charge on any atom is 0.136 e. The third-order valence-electron chi connectivity index (χ3n) is 7.50. The zero-order valence-corrected chi connectivity index (χ0v) is 22.0. The first-order valence-corrected chi connectivity index (χ1v) is 13.3. The Balaban J connectivity index is 1.47. The summed E-state index contributed by atoms with van der Waals surface area (Å²) >= 11 is 0. The molecule has 1 heterocycles. The Morgan fingerprint density at radius 3 is 1.81 bits per heavy atom. The Kier molecular flexibility index (Phi) is 2.70. The van der Waals surface area contributed by atoms with Crippen LogP contribution in [0.4, 0.5) is 0 Å². The lowest BCUT2D eigenvalue weighted by atomic mass is 9.84. The minimum atomic E-state index is -0.723. The maximum atomic E-state index is 9.69. The van der Waals surface area contributed by atoms with Gasteiger partial charge in [0.05, 0.1) is 24.7 Å². The first kappa shape index (κ1) is 12.3. The molecule has 0 atom stereocenters. The standard InChI is InChI=1S/C42H26O/c1-2-12-28-25-30(24-23-27(28)11-1)29-13-9-14-31(26-29)40-32-15-3-5-17-34(32)41(35-18-6-4-16-33(35)40)37-20-10-22-39-42(37)36-19-7-8-21-38(36)43-39/h1-26H/i1D,2D,7D,8D,9D,10D,11D,12D,13D,14D,19D,20D,21D,22D,23D,24D,25D,26D. The van der Waals surface area contributed by atoms with Crippen molar-refractivity contribution < 1.29 is 29.1 Å². The second-order valence-corrected chi connectivity index (χ2v) is 9.85. The lowest BCUT2D eigenvalue weighted by Crippen LogP contribution is -1.91. The van der Waals surface area contributed by atoms with Crippen molar-refractivity contribution in [2.45, 2.75) is 0 Å². The summed E-state index contributed by atoms with van der Waals surface area (Å²) in [4.78, 5) is 0. The molecule has 0 amide bonds. The van der Waals surface area contributed by atoms with Gasteiger partial charge in [0.1, 0.15) is 11.2 Å². The highest BCUT2D eigenvalue weighted by atomic mass is 16.3. The van der Waals surface area contributed by atoms with Crippen molar-refractivity contribution in [3.63, 3.8) is 0 Å². The summed E-state index contributed by atoms with van der Waals surface area (Å²) in [5.41, 5.74) is -1.21. The van der Waals surface area contributed by atoms with E-state index in [9.17, 15) is 5.48 Å². The van der Waals surface area contributed by atoms with Gasteiger partial charge < -0.3 is 4.42 Å². The minimum absolute atomic E-state index is 0.000802. The monoisotopic (exact) mass is 564 g/mol. The van der Waals surface area contributed by atoms with Gasteiger partial charge in [-0.25, -0.2) is 0 Å². The first-order chi connectivity index (χ1) is 28.8. The molecular formula is C42H26O. The van der Waals surface area contributed by atoms with Crippen molar-refractivity contribution >= 4 is 54.3 Å². The van der Waals surface area contributed by atoms with E-state index in [4.69, 9.17) is 23.6 Å². The average Bonchev–Trinajstić information content (AvgIpc) is 3.65. The molecule has 1 nitrogen and oxygen atoms in total. The molecule has 1 aromatic heterocycles. The van der Waals surface area contributed by atoms with Crippen LogP contribution in [0.3, 0.4) is 0 Å². The van der Waals surface area contributed by atoms with Gasteiger partial charge in [0.25, 0.3) is 0 Å². The van der Waals surface area contributed by atoms with Crippen molar-refractivity contribution in [3.05, 3.63) is 157 Å². The van der Waals surface area contributed by atoms with Crippen molar-refractivity contribution in [1.29, 1.82) is 0 Å². The Labute approximate surface area is 274 Å². The fourth-order valence-corrected chi connectivity index (χ4v) is 5.71. The zero-order chi connectivity index (χ0) is 44.0. The highest BCUT2D eigenvalue weighted by molar-refractivity contribution is 6.25. The molecule has 0 spiro atoms. The number of furan rings is 1. The Morgan fingerprint density at radius 2 is 1.02 bits per heavy atom. The number of hydrogen-bond acceptors (Lipinski definition) is 1. The largest absolute Gasteiger partial charge is 0.456 e. The molecule has 0 aliphatic rings. The van der Waals surface area contributed by atoms with Gasteiger partial charge >= 0.3 is 0 Å². The number of para-hydroxylation sites is 1. The lowest BCUT2D eigenvalue weighted by Gasteiger charge is -2.18. The van der Waals surface area contributed by atoms with Gasteiger partial charge in [-0.05, 0) is 89.9 Å². The Bertz CT molecular complexity index is 3460. The average molecular weight is 565 g/mol.